The van der Waals surface area contributed by atoms with Gasteiger partial charge in [0.2, 0.25) is 0 Å². The van der Waals surface area contributed by atoms with Crippen molar-refractivity contribution in [2.75, 3.05) is 33.9 Å². The van der Waals surface area contributed by atoms with Crippen LogP contribution in [0.4, 0.5) is 0 Å². The topological polar surface area (TPSA) is 54.4 Å². The normalized spacial score (nSPS) is 19.7. The van der Waals surface area contributed by atoms with Crippen molar-refractivity contribution in [2.24, 2.45) is 4.99 Å². The van der Waals surface area contributed by atoms with Crippen LogP contribution in [0.15, 0.2) is 41.4 Å². The van der Waals surface area contributed by atoms with Crippen molar-refractivity contribution >= 4 is 11.6 Å². The lowest BCUT2D eigenvalue weighted by atomic mass is 9.79. The Morgan fingerprint density at radius 3 is 2.40 bits per heavy atom. The summed E-state index contributed by atoms with van der Waals surface area (Å²) in [4.78, 5) is 22.7. The molecule has 0 N–H and O–H groups in total. The summed E-state index contributed by atoms with van der Waals surface area (Å²) < 4.78 is 11.6. The van der Waals surface area contributed by atoms with E-state index in [1.54, 1.807) is 7.11 Å². The fourth-order valence-electron chi connectivity index (χ4n) is 5.53. The summed E-state index contributed by atoms with van der Waals surface area (Å²) in [5.74, 6) is 1.89. The van der Waals surface area contributed by atoms with Crippen LogP contribution in [0.2, 0.25) is 0 Å². The van der Waals surface area contributed by atoms with E-state index in [2.05, 4.69) is 51.8 Å². The van der Waals surface area contributed by atoms with Gasteiger partial charge in [-0.3, -0.25) is 9.79 Å². The molecule has 2 aliphatic heterocycles. The summed E-state index contributed by atoms with van der Waals surface area (Å²) >= 11 is 0. The van der Waals surface area contributed by atoms with E-state index in [1.165, 1.54) is 5.56 Å². The second kappa shape index (κ2) is 10.4. The molecular weight excluding hydrogens is 438 g/mol. The molecule has 0 aliphatic carbocycles. The van der Waals surface area contributed by atoms with E-state index in [0.29, 0.717) is 18.1 Å². The average molecular weight is 478 g/mol. The molecule has 1 saturated heterocycles. The highest BCUT2D eigenvalue weighted by Crippen LogP contribution is 2.42. The molecule has 2 aliphatic rings. The molecule has 2 atom stereocenters. The van der Waals surface area contributed by atoms with E-state index in [-0.39, 0.29) is 24.0 Å². The first-order chi connectivity index (χ1) is 16.7. The van der Waals surface area contributed by atoms with E-state index in [4.69, 9.17) is 14.5 Å². The van der Waals surface area contributed by atoms with Crippen molar-refractivity contribution in [1.82, 2.24) is 9.80 Å². The molecule has 2 unspecified atom stereocenters. The smallest absolute Gasteiger partial charge is 0.254 e. The third kappa shape index (κ3) is 4.94. The number of benzene rings is 2. The van der Waals surface area contributed by atoms with Crippen LogP contribution in [-0.2, 0) is 0 Å². The lowest BCUT2D eigenvalue weighted by Gasteiger charge is -2.39. The minimum absolute atomic E-state index is 0.0611. The lowest BCUT2D eigenvalue weighted by Crippen LogP contribution is -2.42. The van der Waals surface area contributed by atoms with Crippen LogP contribution in [0, 0.1) is 0 Å². The zero-order chi connectivity index (χ0) is 25.3. The van der Waals surface area contributed by atoms with Gasteiger partial charge in [0.15, 0.2) is 11.5 Å². The molecular formula is C29H39N3O3. The van der Waals surface area contributed by atoms with Crippen molar-refractivity contribution in [1.29, 1.82) is 0 Å². The van der Waals surface area contributed by atoms with Crippen LogP contribution in [0.3, 0.4) is 0 Å². The predicted octanol–water partition coefficient (Wildman–Crippen LogP) is 4.99. The summed E-state index contributed by atoms with van der Waals surface area (Å²) in [6.07, 6.45) is 1.02. The van der Waals surface area contributed by atoms with Crippen molar-refractivity contribution in [2.45, 2.75) is 65.1 Å². The summed E-state index contributed by atoms with van der Waals surface area (Å²) in [5.41, 5.74) is 5.05. The van der Waals surface area contributed by atoms with E-state index in [1.807, 2.05) is 36.1 Å². The third-order valence-electron chi connectivity index (χ3n) is 7.12. The molecule has 2 aromatic rings. The van der Waals surface area contributed by atoms with Gasteiger partial charge in [-0.1, -0.05) is 12.1 Å². The fraction of sp³-hybridized carbons (Fsp3) is 0.517. The molecule has 4 rings (SSSR count). The Bertz CT molecular complexity index is 1080. The monoisotopic (exact) mass is 477 g/mol. The molecule has 0 bridgehead atoms. The summed E-state index contributed by atoms with van der Waals surface area (Å²) in [6.45, 7) is 12.8. The molecule has 1 fully saturated rings. The molecule has 188 valence electrons. The number of hydrogen-bond donors (Lipinski definition) is 0. The predicted molar refractivity (Wildman–Crippen MR) is 141 cm³/mol. The second-order valence-electron chi connectivity index (χ2n) is 10.2. The molecule has 1 amide bonds. The Morgan fingerprint density at radius 2 is 1.80 bits per heavy atom. The maximum atomic E-state index is 13.2. The first-order valence-electron chi connectivity index (χ1n) is 12.8. The van der Waals surface area contributed by atoms with Crippen LogP contribution in [0.1, 0.15) is 74.0 Å². The lowest BCUT2D eigenvalue weighted by molar-refractivity contribution is 0.0643. The molecule has 0 spiro atoms. The van der Waals surface area contributed by atoms with Gasteiger partial charge in [-0.05, 0) is 84.5 Å². The number of ether oxygens (including phenoxy) is 2. The van der Waals surface area contributed by atoms with Crippen LogP contribution in [-0.4, -0.2) is 73.4 Å². The molecule has 35 heavy (non-hydrogen) atoms. The van der Waals surface area contributed by atoms with Crippen LogP contribution in [0.5, 0.6) is 11.5 Å². The van der Waals surface area contributed by atoms with Crippen molar-refractivity contribution in [3.8, 4) is 11.5 Å². The maximum absolute atomic E-state index is 13.2. The highest BCUT2D eigenvalue weighted by molar-refractivity contribution is 6.15. The first kappa shape index (κ1) is 25.2. The highest BCUT2D eigenvalue weighted by atomic mass is 16.5. The SMILES string of the molecule is CCOc1cc2c(cc1OC)C(c1ccc(C(=O)N(C(C)C)C(C)C)cc1)=NC1CCN(C)CC21. The van der Waals surface area contributed by atoms with Crippen LogP contribution < -0.4 is 9.47 Å². The van der Waals surface area contributed by atoms with E-state index < -0.39 is 0 Å². The number of methoxy groups -OCH3 is 1. The molecule has 0 aromatic heterocycles. The number of likely N-dealkylation sites (N-methyl/N-ethyl adjacent to an activating group) is 1. The number of likely N-dealkylation sites (tertiary alicyclic amines) is 1. The van der Waals surface area contributed by atoms with Gasteiger partial charge in [0, 0.05) is 41.2 Å². The Balaban J connectivity index is 1.75. The average Bonchev–Trinajstić information content (AvgIpc) is 2.83. The number of hydrogen-bond acceptors (Lipinski definition) is 5. The van der Waals surface area contributed by atoms with Gasteiger partial charge >= 0.3 is 0 Å². The zero-order valence-electron chi connectivity index (χ0n) is 22.2. The largest absolute Gasteiger partial charge is 0.493 e. The number of nitrogens with zero attached hydrogens (tertiary/aromatic N) is 3. The van der Waals surface area contributed by atoms with Crippen molar-refractivity contribution in [3.05, 3.63) is 58.7 Å². The van der Waals surface area contributed by atoms with Crippen LogP contribution >= 0.6 is 0 Å². The van der Waals surface area contributed by atoms with Gasteiger partial charge < -0.3 is 19.3 Å². The Hall–Kier alpha value is -2.86. The minimum Gasteiger partial charge on any atom is -0.493 e. The standard InChI is InChI=1S/C29H39N3O3/c1-8-35-27-15-22-23(16-26(27)34-7)28(30-25-13-14-31(6)17-24(22)25)20-9-11-21(12-10-20)29(33)32(18(2)3)19(4)5/h9-12,15-16,18-19,24-25H,8,13-14,17H2,1-7H3. The van der Waals surface area contributed by atoms with Gasteiger partial charge in [-0.25, -0.2) is 0 Å². The minimum atomic E-state index is 0.0611. The van der Waals surface area contributed by atoms with Gasteiger partial charge in [-0.15, -0.1) is 0 Å². The van der Waals surface area contributed by atoms with Gasteiger partial charge in [0.05, 0.1) is 25.5 Å². The number of fused-ring (bicyclic) bond motifs is 3. The maximum Gasteiger partial charge on any atom is 0.254 e. The fourth-order valence-corrected chi connectivity index (χ4v) is 5.53. The number of piperidine rings is 1. The van der Waals surface area contributed by atoms with E-state index in [0.717, 1.165) is 47.8 Å². The van der Waals surface area contributed by atoms with Crippen LogP contribution in [0.25, 0.3) is 0 Å². The number of amides is 1. The number of aliphatic imine (C=N–C) groups is 1. The van der Waals surface area contributed by atoms with E-state index in [9.17, 15) is 4.79 Å². The molecule has 6 nitrogen and oxygen atoms in total. The number of carbonyl (C=O) groups is 1. The number of carbonyl (C=O) groups excluding carboxylic acids is 1. The molecule has 2 aromatic carbocycles. The third-order valence-corrected chi connectivity index (χ3v) is 7.12. The summed E-state index contributed by atoms with van der Waals surface area (Å²) in [7, 11) is 3.85. The Kier molecular flexibility index (Phi) is 7.50. The van der Waals surface area contributed by atoms with E-state index >= 15 is 0 Å². The molecule has 0 radical (unpaired) electrons. The van der Waals surface area contributed by atoms with Gasteiger partial charge in [0.1, 0.15) is 0 Å². The zero-order valence-corrected chi connectivity index (χ0v) is 22.2. The summed E-state index contributed by atoms with van der Waals surface area (Å²) in [6, 6.07) is 12.7. The Morgan fingerprint density at radius 1 is 1.11 bits per heavy atom. The first-order valence-corrected chi connectivity index (χ1v) is 12.8. The van der Waals surface area contributed by atoms with Crippen molar-refractivity contribution in [3.63, 3.8) is 0 Å². The number of rotatable bonds is 7. The van der Waals surface area contributed by atoms with Gasteiger partial charge in [0.25, 0.3) is 5.91 Å². The Labute approximate surface area is 209 Å². The summed E-state index contributed by atoms with van der Waals surface area (Å²) in [5, 5.41) is 0. The van der Waals surface area contributed by atoms with Gasteiger partial charge in [-0.2, -0.15) is 0 Å². The molecule has 0 saturated carbocycles. The quantitative estimate of drug-likeness (QED) is 0.564. The molecule has 6 heteroatoms. The van der Waals surface area contributed by atoms with Crippen molar-refractivity contribution < 1.29 is 14.3 Å². The molecule has 2 heterocycles. The highest BCUT2D eigenvalue weighted by Gasteiger charge is 2.36. The second-order valence-corrected chi connectivity index (χ2v) is 10.2.